The molecule has 180 valence electrons. The van der Waals surface area contributed by atoms with Crippen LogP contribution in [0.4, 0.5) is 8.78 Å². The SMILES string of the molecule is CC1(C)OC[C@@H](C(ONC(=O)c2cnn3cccnc23)N2CCC[C@@H]2c2cc(F)ccc2F)O1. The molecule has 0 radical (unpaired) electrons. The van der Waals surface area contributed by atoms with Crippen molar-refractivity contribution in [1.82, 2.24) is 25.0 Å². The highest BCUT2D eigenvalue weighted by Gasteiger charge is 2.45. The molecule has 4 heterocycles. The number of hydroxylamine groups is 1. The zero-order valence-electron chi connectivity index (χ0n) is 18.8. The summed E-state index contributed by atoms with van der Waals surface area (Å²) in [5.74, 6) is -2.40. The fraction of sp³-hybridized carbons (Fsp3) is 0.435. The standard InChI is InChI=1S/C23H25F2N5O4/c1-23(2)32-13-19(33-23)22(29-9-3-5-18(29)15-11-14(24)6-7-17(15)25)34-28-21(31)16-12-27-30-10-4-8-26-20(16)30/h4,6-8,10-12,18-19,22H,3,5,9,13H2,1-2H3,(H,28,31)/t18-,19+,22?/m1/s1. The lowest BCUT2D eigenvalue weighted by atomic mass is 10.0. The average Bonchev–Trinajstić information content (AvgIpc) is 3.54. The van der Waals surface area contributed by atoms with Crippen molar-refractivity contribution in [2.75, 3.05) is 13.2 Å². The molecular formula is C23H25F2N5O4. The Kier molecular flexibility index (Phi) is 6.02. The van der Waals surface area contributed by atoms with E-state index < -0.39 is 41.7 Å². The third-order valence-corrected chi connectivity index (χ3v) is 6.08. The molecule has 0 aliphatic carbocycles. The Morgan fingerprint density at radius 1 is 1.35 bits per heavy atom. The van der Waals surface area contributed by atoms with Gasteiger partial charge in [0, 0.05) is 30.5 Å². The molecule has 2 aliphatic rings. The molecule has 1 N–H and O–H groups in total. The van der Waals surface area contributed by atoms with E-state index in [0.717, 1.165) is 18.6 Å². The van der Waals surface area contributed by atoms with Crippen LogP contribution >= 0.6 is 0 Å². The van der Waals surface area contributed by atoms with Crippen molar-refractivity contribution in [3.8, 4) is 0 Å². The van der Waals surface area contributed by atoms with Crippen molar-refractivity contribution in [3.05, 3.63) is 65.6 Å². The zero-order chi connectivity index (χ0) is 23.9. The predicted octanol–water partition coefficient (Wildman–Crippen LogP) is 2.98. The van der Waals surface area contributed by atoms with Crippen LogP contribution in [-0.2, 0) is 14.3 Å². The number of benzene rings is 1. The number of hydrogen-bond acceptors (Lipinski definition) is 7. The average molecular weight is 473 g/mol. The van der Waals surface area contributed by atoms with Gasteiger partial charge in [-0.3, -0.25) is 14.5 Å². The quantitative estimate of drug-likeness (QED) is 0.551. The lowest BCUT2D eigenvalue weighted by Gasteiger charge is -2.35. The molecule has 34 heavy (non-hydrogen) atoms. The first-order valence-corrected chi connectivity index (χ1v) is 11.1. The molecule has 11 heteroatoms. The maximum atomic E-state index is 14.6. The van der Waals surface area contributed by atoms with Gasteiger partial charge in [0.1, 0.15) is 23.3 Å². The van der Waals surface area contributed by atoms with E-state index in [0.29, 0.717) is 18.6 Å². The zero-order valence-corrected chi connectivity index (χ0v) is 18.8. The maximum absolute atomic E-state index is 14.6. The third kappa shape index (κ3) is 4.39. The summed E-state index contributed by atoms with van der Waals surface area (Å²) in [5, 5.41) is 4.12. The van der Waals surface area contributed by atoms with E-state index in [2.05, 4.69) is 15.6 Å². The van der Waals surface area contributed by atoms with Gasteiger partial charge in [-0.1, -0.05) is 0 Å². The third-order valence-electron chi connectivity index (χ3n) is 6.08. The predicted molar refractivity (Wildman–Crippen MR) is 115 cm³/mol. The first kappa shape index (κ1) is 22.8. The number of amides is 1. The largest absolute Gasteiger partial charge is 0.348 e. The fourth-order valence-corrected chi connectivity index (χ4v) is 4.57. The molecule has 1 amide bonds. The van der Waals surface area contributed by atoms with Gasteiger partial charge in [0.25, 0.3) is 5.91 Å². The summed E-state index contributed by atoms with van der Waals surface area (Å²) in [5.41, 5.74) is 3.33. The highest BCUT2D eigenvalue weighted by molar-refractivity contribution is 5.98. The molecule has 1 aromatic carbocycles. The van der Waals surface area contributed by atoms with E-state index in [9.17, 15) is 13.6 Å². The monoisotopic (exact) mass is 473 g/mol. The van der Waals surface area contributed by atoms with Crippen molar-refractivity contribution < 1.29 is 27.9 Å². The Balaban J connectivity index is 1.40. The van der Waals surface area contributed by atoms with E-state index in [1.54, 1.807) is 32.3 Å². The van der Waals surface area contributed by atoms with Crippen LogP contribution in [0, 0.1) is 11.6 Å². The number of nitrogens with one attached hydrogen (secondary N) is 1. The number of ether oxygens (including phenoxy) is 2. The van der Waals surface area contributed by atoms with Gasteiger partial charge in [-0.25, -0.2) is 23.8 Å². The Labute approximate surface area is 194 Å². The number of rotatable bonds is 6. The minimum Gasteiger partial charge on any atom is -0.348 e. The molecule has 1 unspecified atom stereocenters. The summed E-state index contributed by atoms with van der Waals surface area (Å²) in [6, 6.07) is 4.66. The van der Waals surface area contributed by atoms with Gasteiger partial charge in [-0.15, -0.1) is 0 Å². The molecular weight excluding hydrogens is 448 g/mol. The Bertz CT molecular complexity index is 1200. The van der Waals surface area contributed by atoms with E-state index in [1.165, 1.54) is 16.8 Å². The number of carbonyl (C=O) groups is 1. The number of hydrogen-bond donors (Lipinski definition) is 1. The van der Waals surface area contributed by atoms with E-state index in [-0.39, 0.29) is 17.7 Å². The van der Waals surface area contributed by atoms with Gasteiger partial charge >= 0.3 is 0 Å². The summed E-state index contributed by atoms with van der Waals surface area (Å²) in [6.45, 7) is 4.31. The van der Waals surface area contributed by atoms with Crippen molar-refractivity contribution in [1.29, 1.82) is 0 Å². The van der Waals surface area contributed by atoms with Gasteiger partial charge < -0.3 is 9.47 Å². The van der Waals surface area contributed by atoms with Crippen molar-refractivity contribution in [3.63, 3.8) is 0 Å². The fourth-order valence-electron chi connectivity index (χ4n) is 4.57. The van der Waals surface area contributed by atoms with Crippen LogP contribution in [0.25, 0.3) is 5.65 Å². The van der Waals surface area contributed by atoms with Crippen molar-refractivity contribution >= 4 is 11.6 Å². The van der Waals surface area contributed by atoms with Gasteiger partial charge in [-0.05, 0) is 51.0 Å². The summed E-state index contributed by atoms with van der Waals surface area (Å²) in [6.07, 6.45) is 4.59. The van der Waals surface area contributed by atoms with E-state index in [1.807, 2.05) is 4.90 Å². The van der Waals surface area contributed by atoms with Crippen LogP contribution in [0.15, 0.2) is 42.9 Å². The molecule has 2 aliphatic heterocycles. The number of aromatic nitrogens is 3. The molecule has 3 aromatic rings. The van der Waals surface area contributed by atoms with Gasteiger partial charge in [-0.2, -0.15) is 5.10 Å². The molecule has 9 nitrogen and oxygen atoms in total. The van der Waals surface area contributed by atoms with Crippen molar-refractivity contribution in [2.24, 2.45) is 0 Å². The van der Waals surface area contributed by atoms with Crippen LogP contribution < -0.4 is 5.48 Å². The second kappa shape index (κ2) is 8.99. The molecule has 0 spiro atoms. The Morgan fingerprint density at radius 2 is 2.21 bits per heavy atom. The minimum absolute atomic E-state index is 0.209. The molecule has 5 rings (SSSR count). The Hall–Kier alpha value is -2.99. The first-order chi connectivity index (χ1) is 16.3. The number of carbonyl (C=O) groups excluding carboxylic acids is 1. The highest BCUT2D eigenvalue weighted by Crippen LogP contribution is 2.38. The summed E-state index contributed by atoms with van der Waals surface area (Å²) >= 11 is 0. The molecule has 2 saturated heterocycles. The number of nitrogens with zero attached hydrogens (tertiary/aromatic N) is 4. The molecule has 2 aromatic heterocycles. The molecule has 0 saturated carbocycles. The summed E-state index contributed by atoms with van der Waals surface area (Å²) in [4.78, 5) is 24.9. The maximum Gasteiger partial charge on any atom is 0.280 e. The van der Waals surface area contributed by atoms with Crippen LogP contribution in [0.3, 0.4) is 0 Å². The number of fused-ring (bicyclic) bond motifs is 1. The summed E-state index contributed by atoms with van der Waals surface area (Å²) in [7, 11) is 0. The van der Waals surface area contributed by atoms with Crippen LogP contribution in [-0.4, -0.2) is 56.7 Å². The Morgan fingerprint density at radius 3 is 3.00 bits per heavy atom. The second-order valence-electron chi connectivity index (χ2n) is 8.81. The topological polar surface area (TPSA) is 90.2 Å². The number of likely N-dealkylation sites (tertiary alicyclic amines) is 1. The van der Waals surface area contributed by atoms with Crippen LogP contribution in [0.5, 0.6) is 0 Å². The van der Waals surface area contributed by atoms with Crippen LogP contribution in [0.2, 0.25) is 0 Å². The molecule has 3 atom stereocenters. The highest BCUT2D eigenvalue weighted by atomic mass is 19.1. The summed E-state index contributed by atoms with van der Waals surface area (Å²) < 4.78 is 41.8. The first-order valence-electron chi connectivity index (χ1n) is 11.1. The van der Waals surface area contributed by atoms with Gasteiger partial charge in [0.2, 0.25) is 0 Å². The van der Waals surface area contributed by atoms with Crippen LogP contribution in [0.1, 0.15) is 48.7 Å². The normalized spacial score (nSPS) is 23.4. The lowest BCUT2D eigenvalue weighted by Crippen LogP contribution is -2.50. The molecule has 2 fully saturated rings. The van der Waals surface area contributed by atoms with Crippen molar-refractivity contribution in [2.45, 2.75) is 50.8 Å². The number of halogens is 2. The minimum atomic E-state index is -0.845. The van der Waals surface area contributed by atoms with E-state index in [4.69, 9.17) is 14.3 Å². The smallest absolute Gasteiger partial charge is 0.280 e. The van der Waals surface area contributed by atoms with E-state index >= 15 is 0 Å². The lowest BCUT2D eigenvalue weighted by molar-refractivity contribution is -0.195. The molecule has 0 bridgehead atoms. The van der Waals surface area contributed by atoms with Gasteiger partial charge in [0.15, 0.2) is 17.7 Å². The second-order valence-corrected chi connectivity index (χ2v) is 8.81. The van der Waals surface area contributed by atoms with Gasteiger partial charge in [0.05, 0.1) is 12.8 Å².